The van der Waals surface area contributed by atoms with E-state index in [-0.39, 0.29) is 5.70 Å². The van der Waals surface area contributed by atoms with Crippen molar-refractivity contribution < 1.29 is 14.7 Å². The normalized spacial score (nSPS) is 11.1. The molecule has 0 unspecified atom stereocenters. The molecule has 0 fully saturated rings. The molecule has 2 N–H and O–H groups in total. The molecule has 1 rings (SSSR count). The summed E-state index contributed by atoms with van der Waals surface area (Å²) in [7, 11) is 0. The molecule has 0 saturated carbocycles. The van der Waals surface area contributed by atoms with Crippen LogP contribution in [0.4, 0.5) is 0 Å². The number of carboxylic acid groups (broad SMARTS) is 1. The number of aryl methyl sites for hydroxylation is 2. The Kier molecular flexibility index (Phi) is 4.04. The van der Waals surface area contributed by atoms with Gasteiger partial charge in [-0.15, -0.1) is 0 Å². The Morgan fingerprint density at radius 2 is 1.71 bits per heavy atom. The van der Waals surface area contributed by atoms with Gasteiger partial charge in [0.25, 0.3) is 5.91 Å². The van der Waals surface area contributed by atoms with E-state index in [4.69, 9.17) is 5.11 Å². The van der Waals surface area contributed by atoms with Crippen LogP contribution in [0.25, 0.3) is 0 Å². The third kappa shape index (κ3) is 3.45. The Hall–Kier alpha value is -2.10. The standard InChI is InChI=1S/C13H15NO3/c1-4-11(13(16)17)14-12(15)10-6-8(2)5-9(3)7-10/h4-7H,1-3H3,(H,14,15)(H,16,17)/b11-4+. The van der Waals surface area contributed by atoms with Gasteiger partial charge in [-0.25, -0.2) is 4.79 Å². The first-order valence-corrected chi connectivity index (χ1v) is 5.23. The van der Waals surface area contributed by atoms with E-state index < -0.39 is 11.9 Å². The smallest absolute Gasteiger partial charge is 0.352 e. The van der Waals surface area contributed by atoms with Gasteiger partial charge in [0, 0.05) is 5.56 Å². The zero-order valence-corrected chi connectivity index (χ0v) is 10.1. The maximum atomic E-state index is 11.8. The molecule has 1 amide bonds. The van der Waals surface area contributed by atoms with E-state index in [1.807, 2.05) is 19.9 Å². The number of carbonyl (C=O) groups excluding carboxylic acids is 1. The SMILES string of the molecule is C/C=C(/NC(=O)c1cc(C)cc(C)c1)C(=O)O. The summed E-state index contributed by atoms with van der Waals surface area (Å²) in [4.78, 5) is 22.6. The van der Waals surface area contributed by atoms with Gasteiger partial charge in [0.1, 0.15) is 5.70 Å². The second-order valence-electron chi connectivity index (χ2n) is 3.84. The number of allylic oxidation sites excluding steroid dienone is 1. The van der Waals surface area contributed by atoms with Crippen LogP contribution in [0.5, 0.6) is 0 Å². The van der Waals surface area contributed by atoms with Gasteiger partial charge in [0.05, 0.1) is 0 Å². The molecular weight excluding hydrogens is 218 g/mol. The van der Waals surface area contributed by atoms with E-state index in [1.165, 1.54) is 6.08 Å². The predicted molar refractivity (Wildman–Crippen MR) is 64.8 cm³/mol. The molecule has 4 nitrogen and oxygen atoms in total. The molecule has 0 aliphatic heterocycles. The van der Waals surface area contributed by atoms with Crippen molar-refractivity contribution in [2.45, 2.75) is 20.8 Å². The van der Waals surface area contributed by atoms with E-state index in [2.05, 4.69) is 5.32 Å². The lowest BCUT2D eigenvalue weighted by Gasteiger charge is -2.07. The van der Waals surface area contributed by atoms with Crippen LogP contribution in [0.3, 0.4) is 0 Å². The van der Waals surface area contributed by atoms with Gasteiger partial charge in [-0.3, -0.25) is 4.79 Å². The molecule has 0 radical (unpaired) electrons. The third-order valence-electron chi connectivity index (χ3n) is 2.25. The highest BCUT2D eigenvalue weighted by Gasteiger charge is 2.12. The minimum atomic E-state index is -1.15. The Morgan fingerprint density at radius 1 is 1.18 bits per heavy atom. The summed E-state index contributed by atoms with van der Waals surface area (Å²) in [6.45, 7) is 5.33. The second-order valence-corrected chi connectivity index (χ2v) is 3.84. The fourth-order valence-corrected chi connectivity index (χ4v) is 1.55. The minimum absolute atomic E-state index is 0.117. The number of aliphatic carboxylic acids is 1. The lowest BCUT2D eigenvalue weighted by Crippen LogP contribution is -2.27. The van der Waals surface area contributed by atoms with Crippen LogP contribution < -0.4 is 5.32 Å². The maximum Gasteiger partial charge on any atom is 0.352 e. The summed E-state index contributed by atoms with van der Waals surface area (Å²) < 4.78 is 0. The molecule has 0 heterocycles. The molecule has 1 aromatic rings. The maximum absolute atomic E-state index is 11.8. The van der Waals surface area contributed by atoms with Crippen molar-refractivity contribution in [2.24, 2.45) is 0 Å². The van der Waals surface area contributed by atoms with E-state index >= 15 is 0 Å². The van der Waals surface area contributed by atoms with Crippen molar-refractivity contribution in [1.82, 2.24) is 5.32 Å². The Labute approximate surface area is 100.0 Å². The zero-order valence-electron chi connectivity index (χ0n) is 10.1. The molecule has 0 atom stereocenters. The Balaban J connectivity index is 2.94. The van der Waals surface area contributed by atoms with Gasteiger partial charge in [0.2, 0.25) is 0 Å². The molecule has 0 aliphatic rings. The molecule has 0 saturated heterocycles. The number of carbonyl (C=O) groups is 2. The van der Waals surface area contributed by atoms with Crippen LogP contribution in [0.15, 0.2) is 30.0 Å². The van der Waals surface area contributed by atoms with Gasteiger partial charge in [-0.05, 0) is 32.9 Å². The zero-order chi connectivity index (χ0) is 13.0. The van der Waals surface area contributed by atoms with E-state index in [1.54, 1.807) is 19.1 Å². The molecule has 17 heavy (non-hydrogen) atoms. The fraction of sp³-hybridized carbons (Fsp3) is 0.231. The first-order valence-electron chi connectivity index (χ1n) is 5.23. The van der Waals surface area contributed by atoms with Crippen molar-refractivity contribution in [3.05, 3.63) is 46.7 Å². The fourth-order valence-electron chi connectivity index (χ4n) is 1.55. The molecular formula is C13H15NO3. The van der Waals surface area contributed by atoms with Gasteiger partial charge in [0.15, 0.2) is 0 Å². The molecule has 0 spiro atoms. The van der Waals surface area contributed by atoms with Gasteiger partial charge < -0.3 is 10.4 Å². The lowest BCUT2D eigenvalue weighted by molar-refractivity contribution is -0.133. The second kappa shape index (κ2) is 5.30. The van der Waals surface area contributed by atoms with E-state index in [9.17, 15) is 9.59 Å². The van der Waals surface area contributed by atoms with Crippen molar-refractivity contribution in [2.75, 3.05) is 0 Å². The quantitative estimate of drug-likeness (QED) is 0.785. The molecule has 0 aromatic heterocycles. The molecule has 0 aliphatic carbocycles. The third-order valence-corrected chi connectivity index (χ3v) is 2.25. The largest absolute Gasteiger partial charge is 0.477 e. The average Bonchev–Trinajstić information content (AvgIpc) is 2.23. The Morgan fingerprint density at radius 3 is 2.12 bits per heavy atom. The summed E-state index contributed by atoms with van der Waals surface area (Å²) in [6, 6.07) is 5.39. The predicted octanol–water partition coefficient (Wildman–Crippen LogP) is 2.02. The molecule has 0 bridgehead atoms. The Bertz CT molecular complexity index is 469. The highest BCUT2D eigenvalue weighted by Crippen LogP contribution is 2.09. The van der Waals surface area contributed by atoms with Crippen LogP contribution >= 0.6 is 0 Å². The van der Waals surface area contributed by atoms with Crippen molar-refractivity contribution in [1.29, 1.82) is 0 Å². The average molecular weight is 233 g/mol. The van der Waals surface area contributed by atoms with Gasteiger partial charge >= 0.3 is 5.97 Å². The monoisotopic (exact) mass is 233 g/mol. The topological polar surface area (TPSA) is 66.4 Å². The number of rotatable bonds is 3. The highest BCUT2D eigenvalue weighted by atomic mass is 16.4. The molecule has 1 aromatic carbocycles. The number of hydrogen-bond acceptors (Lipinski definition) is 2. The van der Waals surface area contributed by atoms with E-state index in [0.717, 1.165) is 11.1 Å². The molecule has 90 valence electrons. The highest BCUT2D eigenvalue weighted by molar-refractivity contribution is 6.00. The summed E-state index contributed by atoms with van der Waals surface area (Å²) in [5.74, 6) is -1.56. The summed E-state index contributed by atoms with van der Waals surface area (Å²) in [5.41, 5.74) is 2.28. The van der Waals surface area contributed by atoms with Crippen LogP contribution in [0, 0.1) is 13.8 Å². The minimum Gasteiger partial charge on any atom is -0.477 e. The van der Waals surface area contributed by atoms with Crippen LogP contribution in [0.2, 0.25) is 0 Å². The van der Waals surface area contributed by atoms with E-state index in [0.29, 0.717) is 5.56 Å². The van der Waals surface area contributed by atoms with Crippen molar-refractivity contribution in [3.8, 4) is 0 Å². The molecule has 4 heteroatoms. The number of amides is 1. The van der Waals surface area contributed by atoms with Crippen LogP contribution in [-0.2, 0) is 4.79 Å². The summed E-state index contributed by atoms with van der Waals surface area (Å²) >= 11 is 0. The summed E-state index contributed by atoms with van der Waals surface area (Å²) in [5, 5.41) is 11.2. The number of nitrogens with one attached hydrogen (secondary N) is 1. The number of benzene rings is 1. The van der Waals surface area contributed by atoms with Crippen LogP contribution in [0.1, 0.15) is 28.4 Å². The summed E-state index contributed by atoms with van der Waals surface area (Å²) in [6.07, 6.45) is 1.35. The first kappa shape index (κ1) is 13.0. The van der Waals surface area contributed by atoms with Gasteiger partial charge in [-0.1, -0.05) is 23.3 Å². The van der Waals surface area contributed by atoms with Crippen LogP contribution in [-0.4, -0.2) is 17.0 Å². The number of hydrogen-bond donors (Lipinski definition) is 2. The lowest BCUT2D eigenvalue weighted by atomic mass is 10.1. The number of carboxylic acids is 1. The van der Waals surface area contributed by atoms with Gasteiger partial charge in [-0.2, -0.15) is 0 Å². The van der Waals surface area contributed by atoms with Crippen molar-refractivity contribution >= 4 is 11.9 Å². The first-order chi connectivity index (χ1) is 7.93. The van der Waals surface area contributed by atoms with Crippen molar-refractivity contribution in [3.63, 3.8) is 0 Å².